The second-order valence-electron chi connectivity index (χ2n) is 7.48. The standard InChI is InChI=1S/C25H17Cl3FN3O3/c1-13-22(24(33)30-17-8-9-20(29)18(12-17)25(34)35-2)31-32(21-10-7-16(27)11-19(21)28)23(13)14-3-5-15(26)6-4-14/h3-12H,1-2H3,(H,30,33). The van der Waals surface area contributed by atoms with Gasteiger partial charge in [-0.3, -0.25) is 4.79 Å². The molecule has 0 bridgehead atoms. The lowest BCUT2D eigenvalue weighted by atomic mass is 10.1. The molecule has 35 heavy (non-hydrogen) atoms. The number of anilines is 1. The molecule has 1 amide bonds. The van der Waals surface area contributed by atoms with Crippen LogP contribution in [0, 0.1) is 12.7 Å². The lowest BCUT2D eigenvalue weighted by Gasteiger charge is -2.11. The molecule has 1 heterocycles. The van der Waals surface area contributed by atoms with Crippen molar-refractivity contribution in [1.29, 1.82) is 0 Å². The molecule has 0 aliphatic carbocycles. The summed E-state index contributed by atoms with van der Waals surface area (Å²) in [5.74, 6) is -2.19. The fourth-order valence-electron chi connectivity index (χ4n) is 3.55. The molecule has 0 unspecified atom stereocenters. The Morgan fingerprint density at radius 2 is 1.66 bits per heavy atom. The molecular formula is C25H17Cl3FN3O3. The first-order chi connectivity index (χ1) is 16.7. The minimum atomic E-state index is -0.860. The van der Waals surface area contributed by atoms with Crippen molar-refractivity contribution in [3.8, 4) is 16.9 Å². The van der Waals surface area contributed by atoms with Gasteiger partial charge in [-0.1, -0.05) is 46.9 Å². The Labute approximate surface area is 215 Å². The molecule has 3 aromatic carbocycles. The molecule has 0 aliphatic heterocycles. The molecule has 0 spiro atoms. The van der Waals surface area contributed by atoms with Crippen LogP contribution in [0.3, 0.4) is 0 Å². The maximum atomic E-state index is 14.0. The van der Waals surface area contributed by atoms with Gasteiger partial charge >= 0.3 is 5.97 Å². The number of nitrogens with one attached hydrogen (secondary N) is 1. The van der Waals surface area contributed by atoms with E-state index in [0.29, 0.717) is 32.0 Å². The second-order valence-corrected chi connectivity index (χ2v) is 8.76. The summed E-state index contributed by atoms with van der Waals surface area (Å²) in [5, 5.41) is 8.53. The van der Waals surface area contributed by atoms with Crippen LogP contribution in [0.4, 0.5) is 10.1 Å². The van der Waals surface area contributed by atoms with Crippen LogP contribution in [0.15, 0.2) is 60.7 Å². The summed E-state index contributed by atoms with van der Waals surface area (Å²) in [6, 6.07) is 15.6. The fourth-order valence-corrected chi connectivity index (χ4v) is 4.16. The Bertz CT molecular complexity index is 1450. The number of rotatable bonds is 5. The van der Waals surface area contributed by atoms with E-state index in [1.165, 1.54) is 12.1 Å². The van der Waals surface area contributed by atoms with Gasteiger partial charge in [0.05, 0.1) is 29.1 Å². The van der Waals surface area contributed by atoms with Crippen molar-refractivity contribution in [2.45, 2.75) is 6.92 Å². The number of aromatic nitrogens is 2. The number of benzene rings is 3. The van der Waals surface area contributed by atoms with E-state index in [4.69, 9.17) is 34.8 Å². The van der Waals surface area contributed by atoms with Crippen LogP contribution in [0.1, 0.15) is 26.4 Å². The first-order valence-corrected chi connectivity index (χ1v) is 11.3. The van der Waals surface area contributed by atoms with E-state index in [1.807, 2.05) is 0 Å². The van der Waals surface area contributed by atoms with Gasteiger partial charge in [-0.15, -0.1) is 0 Å². The number of carbonyl (C=O) groups is 2. The third kappa shape index (κ3) is 5.03. The molecule has 1 N–H and O–H groups in total. The van der Waals surface area contributed by atoms with Crippen molar-refractivity contribution in [2.75, 3.05) is 12.4 Å². The largest absolute Gasteiger partial charge is 0.465 e. The first kappa shape index (κ1) is 24.7. The van der Waals surface area contributed by atoms with Crippen LogP contribution < -0.4 is 5.32 Å². The summed E-state index contributed by atoms with van der Waals surface area (Å²) in [6.07, 6.45) is 0. The summed E-state index contributed by atoms with van der Waals surface area (Å²) in [5.41, 5.74) is 2.43. The van der Waals surface area contributed by atoms with Gasteiger partial charge in [0.1, 0.15) is 5.82 Å². The van der Waals surface area contributed by atoms with Crippen molar-refractivity contribution in [3.05, 3.63) is 98.4 Å². The van der Waals surface area contributed by atoms with Gasteiger partial charge < -0.3 is 10.1 Å². The number of ether oxygens (including phenoxy) is 1. The highest BCUT2D eigenvalue weighted by Gasteiger charge is 2.24. The van der Waals surface area contributed by atoms with Crippen molar-refractivity contribution < 1.29 is 18.7 Å². The Balaban J connectivity index is 1.80. The number of halogens is 4. The lowest BCUT2D eigenvalue weighted by molar-refractivity contribution is 0.0595. The SMILES string of the molecule is COC(=O)c1cc(NC(=O)c2nn(-c3ccc(Cl)cc3Cl)c(-c3ccc(Cl)cc3)c2C)ccc1F. The average molecular weight is 533 g/mol. The summed E-state index contributed by atoms with van der Waals surface area (Å²) in [6.45, 7) is 1.75. The molecular weight excluding hydrogens is 516 g/mol. The predicted molar refractivity (Wildman–Crippen MR) is 134 cm³/mol. The second kappa shape index (κ2) is 10.1. The Morgan fingerprint density at radius 1 is 0.971 bits per heavy atom. The predicted octanol–water partition coefficient (Wildman–Crippen LogP) is 6.99. The van der Waals surface area contributed by atoms with Crippen molar-refractivity contribution in [3.63, 3.8) is 0 Å². The van der Waals surface area contributed by atoms with Crippen LogP contribution >= 0.6 is 34.8 Å². The van der Waals surface area contributed by atoms with Crippen LogP contribution in [0.25, 0.3) is 16.9 Å². The molecule has 0 saturated heterocycles. The Kier molecular flexibility index (Phi) is 7.12. The summed E-state index contributed by atoms with van der Waals surface area (Å²) >= 11 is 18.6. The number of amides is 1. The van der Waals surface area contributed by atoms with Crippen LogP contribution in [0.5, 0.6) is 0 Å². The molecule has 0 fully saturated rings. The van der Waals surface area contributed by atoms with Gasteiger partial charge in [-0.2, -0.15) is 5.10 Å². The van der Waals surface area contributed by atoms with Crippen molar-refractivity contribution in [1.82, 2.24) is 9.78 Å². The maximum absolute atomic E-state index is 14.0. The molecule has 4 rings (SSSR count). The molecule has 6 nitrogen and oxygen atoms in total. The van der Waals surface area contributed by atoms with Gasteiger partial charge in [0.2, 0.25) is 0 Å². The van der Waals surface area contributed by atoms with E-state index in [0.717, 1.165) is 18.7 Å². The summed E-state index contributed by atoms with van der Waals surface area (Å²) < 4.78 is 20.1. The minimum absolute atomic E-state index is 0.102. The maximum Gasteiger partial charge on any atom is 0.340 e. The van der Waals surface area contributed by atoms with E-state index >= 15 is 0 Å². The third-order valence-corrected chi connectivity index (χ3v) is 6.01. The number of esters is 1. The zero-order chi connectivity index (χ0) is 25.3. The molecule has 4 aromatic rings. The van der Waals surface area contributed by atoms with E-state index < -0.39 is 17.7 Å². The smallest absolute Gasteiger partial charge is 0.340 e. The third-order valence-electron chi connectivity index (χ3n) is 5.22. The molecule has 0 saturated carbocycles. The number of hydrogen-bond acceptors (Lipinski definition) is 4. The van der Waals surface area contributed by atoms with Crippen molar-refractivity contribution >= 4 is 52.4 Å². The molecule has 0 aliphatic rings. The molecule has 0 radical (unpaired) electrons. The van der Waals surface area contributed by atoms with Crippen LogP contribution in [-0.2, 0) is 4.74 Å². The Hall–Kier alpha value is -3.39. The average Bonchev–Trinajstić information content (AvgIpc) is 3.17. The van der Waals surface area contributed by atoms with Gasteiger partial charge in [-0.05, 0) is 55.5 Å². The monoisotopic (exact) mass is 531 g/mol. The van der Waals surface area contributed by atoms with Gasteiger partial charge in [0, 0.05) is 26.9 Å². The highest BCUT2D eigenvalue weighted by Crippen LogP contribution is 2.33. The van der Waals surface area contributed by atoms with Gasteiger partial charge in [0.15, 0.2) is 5.69 Å². The van der Waals surface area contributed by atoms with E-state index in [1.54, 1.807) is 54.1 Å². The minimum Gasteiger partial charge on any atom is -0.465 e. The molecule has 178 valence electrons. The number of nitrogens with zero attached hydrogens (tertiary/aromatic N) is 2. The van der Waals surface area contributed by atoms with Gasteiger partial charge in [0.25, 0.3) is 5.91 Å². The number of methoxy groups -OCH3 is 1. The quantitative estimate of drug-likeness (QED) is 0.281. The molecule has 10 heteroatoms. The van der Waals surface area contributed by atoms with E-state index in [9.17, 15) is 14.0 Å². The normalized spacial score (nSPS) is 10.8. The first-order valence-electron chi connectivity index (χ1n) is 10.2. The zero-order valence-electron chi connectivity index (χ0n) is 18.4. The summed E-state index contributed by atoms with van der Waals surface area (Å²) in [7, 11) is 1.14. The molecule has 0 atom stereocenters. The highest BCUT2D eigenvalue weighted by molar-refractivity contribution is 6.35. The van der Waals surface area contributed by atoms with E-state index in [2.05, 4.69) is 15.2 Å². The fraction of sp³-hybridized carbons (Fsp3) is 0.0800. The van der Waals surface area contributed by atoms with E-state index in [-0.39, 0.29) is 16.9 Å². The van der Waals surface area contributed by atoms with Crippen molar-refractivity contribution in [2.24, 2.45) is 0 Å². The highest BCUT2D eigenvalue weighted by atomic mass is 35.5. The van der Waals surface area contributed by atoms with Gasteiger partial charge in [-0.25, -0.2) is 13.9 Å². The van der Waals surface area contributed by atoms with Crippen LogP contribution in [0.2, 0.25) is 15.1 Å². The summed E-state index contributed by atoms with van der Waals surface area (Å²) in [4.78, 5) is 25.0. The number of hydrogen-bond donors (Lipinski definition) is 1. The topological polar surface area (TPSA) is 73.2 Å². The number of carbonyl (C=O) groups excluding carboxylic acids is 2. The molecule has 1 aromatic heterocycles. The Morgan fingerprint density at radius 3 is 2.31 bits per heavy atom. The van der Waals surface area contributed by atoms with Crippen LogP contribution in [-0.4, -0.2) is 28.8 Å². The zero-order valence-corrected chi connectivity index (χ0v) is 20.7. The lowest BCUT2D eigenvalue weighted by Crippen LogP contribution is -2.15.